The Hall–Kier alpha value is -4.46. The van der Waals surface area contributed by atoms with Gasteiger partial charge in [0.2, 0.25) is 0 Å². The van der Waals surface area contributed by atoms with Gasteiger partial charge < -0.3 is 10.2 Å². The quantitative estimate of drug-likeness (QED) is 0.531. The van der Waals surface area contributed by atoms with E-state index in [1.165, 1.54) is 36.7 Å². The van der Waals surface area contributed by atoms with E-state index in [2.05, 4.69) is 19.9 Å². The van der Waals surface area contributed by atoms with Crippen LogP contribution in [0.25, 0.3) is 22.8 Å². The molecule has 0 aromatic carbocycles. The van der Waals surface area contributed by atoms with Crippen LogP contribution in [0.15, 0.2) is 85.5 Å². The molecule has 0 bridgehead atoms. The minimum Gasteiger partial charge on any atom is -0.478 e. The lowest BCUT2D eigenvalue weighted by molar-refractivity contribution is 0.0686. The largest absolute Gasteiger partial charge is 0.478 e. The number of hydrogen-bond acceptors (Lipinski definition) is 6. The van der Waals surface area contributed by atoms with Crippen LogP contribution in [-0.2, 0) is 0 Å². The summed E-state index contributed by atoms with van der Waals surface area (Å²) in [6, 6.07) is 17.0. The molecule has 0 fully saturated rings. The highest BCUT2D eigenvalue weighted by atomic mass is 16.4. The molecule has 0 aliphatic carbocycles. The van der Waals surface area contributed by atoms with Crippen LogP contribution in [0.4, 0.5) is 0 Å². The third kappa shape index (κ3) is 5.29. The second kappa shape index (κ2) is 9.65. The second-order valence-corrected chi connectivity index (χ2v) is 5.90. The van der Waals surface area contributed by atoms with Gasteiger partial charge in [0.05, 0.1) is 33.9 Å². The molecule has 8 heteroatoms. The van der Waals surface area contributed by atoms with Gasteiger partial charge in [0, 0.05) is 24.8 Å². The van der Waals surface area contributed by atoms with Crippen molar-refractivity contribution in [1.29, 1.82) is 0 Å². The Labute approximate surface area is 171 Å². The predicted molar refractivity (Wildman–Crippen MR) is 109 cm³/mol. The number of hydrogen-bond donors (Lipinski definition) is 2. The number of rotatable bonds is 4. The second-order valence-electron chi connectivity index (χ2n) is 5.90. The number of aromatic nitrogens is 4. The van der Waals surface area contributed by atoms with Gasteiger partial charge in [-0.25, -0.2) is 9.59 Å². The minimum atomic E-state index is -1.08. The fourth-order valence-electron chi connectivity index (χ4n) is 2.44. The van der Waals surface area contributed by atoms with Crippen molar-refractivity contribution in [3.63, 3.8) is 0 Å². The number of carbonyl (C=O) groups is 2. The average molecular weight is 400 g/mol. The number of carboxylic acid groups (broad SMARTS) is 2. The van der Waals surface area contributed by atoms with Gasteiger partial charge in [-0.1, -0.05) is 12.1 Å². The molecule has 0 radical (unpaired) electrons. The summed E-state index contributed by atoms with van der Waals surface area (Å²) < 4.78 is 0. The molecular formula is C22H16N4O4. The normalized spacial score (nSPS) is 9.87. The molecule has 4 rings (SSSR count). The van der Waals surface area contributed by atoms with E-state index in [0.29, 0.717) is 11.4 Å². The Bertz CT molecular complexity index is 1060. The molecule has 0 spiro atoms. The van der Waals surface area contributed by atoms with Gasteiger partial charge in [-0.15, -0.1) is 0 Å². The van der Waals surface area contributed by atoms with Crippen LogP contribution in [-0.4, -0.2) is 42.1 Å². The van der Waals surface area contributed by atoms with E-state index >= 15 is 0 Å². The minimum absolute atomic E-state index is 0.0718. The number of nitrogens with zero attached hydrogens (tertiary/aromatic N) is 4. The molecule has 0 amide bonds. The maximum atomic E-state index is 10.8. The van der Waals surface area contributed by atoms with E-state index < -0.39 is 11.9 Å². The summed E-state index contributed by atoms with van der Waals surface area (Å²) >= 11 is 0. The van der Waals surface area contributed by atoms with Gasteiger partial charge in [-0.05, 0) is 48.5 Å². The summed E-state index contributed by atoms with van der Waals surface area (Å²) in [4.78, 5) is 38.0. The summed E-state index contributed by atoms with van der Waals surface area (Å²) in [5.41, 5.74) is 2.61. The van der Waals surface area contributed by atoms with Crippen molar-refractivity contribution in [1.82, 2.24) is 19.9 Å². The van der Waals surface area contributed by atoms with Gasteiger partial charge >= 0.3 is 11.9 Å². The van der Waals surface area contributed by atoms with E-state index in [4.69, 9.17) is 10.2 Å². The maximum Gasteiger partial charge on any atom is 0.335 e. The Morgan fingerprint density at radius 2 is 0.933 bits per heavy atom. The van der Waals surface area contributed by atoms with Crippen LogP contribution < -0.4 is 0 Å². The fraction of sp³-hybridized carbons (Fsp3) is 0. The van der Waals surface area contributed by atoms with Crippen LogP contribution in [0.1, 0.15) is 20.7 Å². The molecule has 0 aliphatic heterocycles. The maximum absolute atomic E-state index is 10.8. The van der Waals surface area contributed by atoms with E-state index in [0.717, 1.165) is 11.4 Å². The monoisotopic (exact) mass is 400 g/mol. The van der Waals surface area contributed by atoms with Crippen LogP contribution in [0.2, 0.25) is 0 Å². The smallest absolute Gasteiger partial charge is 0.335 e. The van der Waals surface area contributed by atoms with Crippen LogP contribution in [0, 0.1) is 0 Å². The first kappa shape index (κ1) is 20.3. The van der Waals surface area contributed by atoms with E-state index in [-0.39, 0.29) is 11.1 Å². The molecule has 30 heavy (non-hydrogen) atoms. The highest BCUT2D eigenvalue weighted by Crippen LogP contribution is 2.16. The molecule has 148 valence electrons. The molecule has 4 aromatic rings. The number of aromatic carboxylic acids is 2. The molecule has 2 N–H and O–H groups in total. The fourth-order valence-corrected chi connectivity index (χ4v) is 2.44. The van der Waals surface area contributed by atoms with Crippen molar-refractivity contribution in [2.45, 2.75) is 0 Å². The zero-order chi connectivity index (χ0) is 21.3. The van der Waals surface area contributed by atoms with Crippen molar-refractivity contribution in [3.05, 3.63) is 96.6 Å². The standard InChI is InChI=1S/C12H8N2O4.C10H8N2/c15-11(16)7-1-3-13-9(5-7)10-6-8(12(17)18)2-4-14-10;1-3-7-11-9(5-1)10-6-2-4-8-12-10/h1-6H,(H,15,16)(H,17,18);1-8H. The molecule has 0 unspecified atom stereocenters. The first-order chi connectivity index (χ1) is 14.5. The molecular weight excluding hydrogens is 384 g/mol. The lowest BCUT2D eigenvalue weighted by Gasteiger charge is -2.02. The third-order valence-corrected chi connectivity index (χ3v) is 3.87. The van der Waals surface area contributed by atoms with Gasteiger partial charge in [-0.2, -0.15) is 0 Å². The Morgan fingerprint density at radius 3 is 1.27 bits per heavy atom. The van der Waals surface area contributed by atoms with E-state index in [1.54, 1.807) is 12.4 Å². The lowest BCUT2D eigenvalue weighted by Crippen LogP contribution is -2.00. The molecule has 0 saturated heterocycles. The van der Waals surface area contributed by atoms with Crippen LogP contribution in [0.3, 0.4) is 0 Å². The van der Waals surface area contributed by atoms with Crippen molar-refractivity contribution >= 4 is 11.9 Å². The topological polar surface area (TPSA) is 126 Å². The van der Waals surface area contributed by atoms with Crippen LogP contribution >= 0.6 is 0 Å². The Kier molecular flexibility index (Phi) is 6.52. The Morgan fingerprint density at radius 1 is 0.533 bits per heavy atom. The number of pyridine rings is 4. The molecule has 0 aliphatic rings. The van der Waals surface area contributed by atoms with E-state index in [9.17, 15) is 9.59 Å². The number of carboxylic acids is 2. The molecule has 4 aromatic heterocycles. The average Bonchev–Trinajstić information content (AvgIpc) is 2.81. The first-order valence-corrected chi connectivity index (χ1v) is 8.76. The van der Waals surface area contributed by atoms with Crippen molar-refractivity contribution < 1.29 is 19.8 Å². The van der Waals surface area contributed by atoms with E-state index in [1.807, 2.05) is 36.4 Å². The van der Waals surface area contributed by atoms with Gasteiger partial charge in [-0.3, -0.25) is 19.9 Å². The van der Waals surface area contributed by atoms with Gasteiger partial charge in [0.1, 0.15) is 0 Å². The molecule has 0 atom stereocenters. The third-order valence-electron chi connectivity index (χ3n) is 3.87. The first-order valence-electron chi connectivity index (χ1n) is 8.76. The van der Waals surface area contributed by atoms with Gasteiger partial charge in [0.25, 0.3) is 0 Å². The summed E-state index contributed by atoms with van der Waals surface area (Å²) in [7, 11) is 0. The molecule has 4 heterocycles. The van der Waals surface area contributed by atoms with Crippen molar-refractivity contribution in [2.75, 3.05) is 0 Å². The lowest BCUT2D eigenvalue weighted by atomic mass is 10.1. The zero-order valence-electron chi connectivity index (χ0n) is 15.6. The molecule has 0 saturated carbocycles. The zero-order valence-corrected chi connectivity index (χ0v) is 15.6. The summed E-state index contributed by atoms with van der Waals surface area (Å²) in [6.07, 6.45) is 6.22. The van der Waals surface area contributed by atoms with Crippen molar-refractivity contribution in [2.24, 2.45) is 0 Å². The summed E-state index contributed by atoms with van der Waals surface area (Å²) in [6.45, 7) is 0. The van der Waals surface area contributed by atoms with Crippen molar-refractivity contribution in [3.8, 4) is 22.8 Å². The summed E-state index contributed by atoms with van der Waals surface area (Å²) in [5.74, 6) is -2.15. The molecule has 8 nitrogen and oxygen atoms in total. The predicted octanol–water partition coefficient (Wildman–Crippen LogP) is 3.68. The highest BCUT2D eigenvalue weighted by Gasteiger charge is 2.09. The van der Waals surface area contributed by atoms with Crippen LogP contribution in [0.5, 0.6) is 0 Å². The van der Waals surface area contributed by atoms with Gasteiger partial charge in [0.15, 0.2) is 0 Å². The SMILES string of the molecule is O=C(O)c1ccnc(-c2cc(C(=O)O)ccn2)c1.c1ccc(-c2ccccn2)nc1. The summed E-state index contributed by atoms with van der Waals surface area (Å²) in [5, 5.41) is 17.7. The Balaban J connectivity index is 0.000000184. The highest BCUT2D eigenvalue weighted by molar-refractivity contribution is 5.90.